The molecule has 0 bridgehead atoms. The van der Waals surface area contributed by atoms with E-state index in [2.05, 4.69) is 10.3 Å². The first kappa shape index (κ1) is 15.1. The summed E-state index contributed by atoms with van der Waals surface area (Å²) in [4.78, 5) is 26.5. The van der Waals surface area contributed by atoms with Gasteiger partial charge in [-0.25, -0.2) is 9.78 Å². The number of aromatic nitrogens is 1. The van der Waals surface area contributed by atoms with E-state index in [0.717, 1.165) is 22.2 Å². The van der Waals surface area contributed by atoms with E-state index in [4.69, 9.17) is 5.11 Å². The van der Waals surface area contributed by atoms with Crippen LogP contribution in [0.3, 0.4) is 0 Å². The van der Waals surface area contributed by atoms with E-state index < -0.39 is 5.97 Å². The molecule has 0 atom stereocenters. The number of carbonyl (C=O) groups excluding carboxylic acids is 1. The SMILES string of the molecule is CC(=O)Nc1nc(C=Cc2csc(C=CC(=O)O)c2)cs1. The first-order valence-electron chi connectivity index (χ1n) is 5.93. The molecular weight excluding hydrogens is 308 g/mol. The van der Waals surface area contributed by atoms with E-state index in [1.165, 1.54) is 29.6 Å². The normalized spacial score (nSPS) is 11.3. The number of rotatable bonds is 5. The number of thiazole rings is 1. The van der Waals surface area contributed by atoms with Crippen molar-refractivity contribution in [2.24, 2.45) is 0 Å². The largest absolute Gasteiger partial charge is 0.478 e. The third-order valence-corrected chi connectivity index (χ3v) is 3.97. The van der Waals surface area contributed by atoms with Crippen LogP contribution in [0.2, 0.25) is 0 Å². The van der Waals surface area contributed by atoms with Crippen LogP contribution >= 0.6 is 22.7 Å². The summed E-state index contributed by atoms with van der Waals surface area (Å²) in [6.07, 6.45) is 6.40. The van der Waals surface area contributed by atoms with Gasteiger partial charge >= 0.3 is 5.97 Å². The number of thiophene rings is 1. The van der Waals surface area contributed by atoms with Crippen LogP contribution in [0.25, 0.3) is 18.2 Å². The molecule has 0 radical (unpaired) electrons. The zero-order valence-electron chi connectivity index (χ0n) is 11.1. The van der Waals surface area contributed by atoms with Gasteiger partial charge in [-0.05, 0) is 29.2 Å². The van der Waals surface area contributed by atoms with Crippen molar-refractivity contribution in [3.05, 3.63) is 39.0 Å². The minimum absolute atomic E-state index is 0.146. The molecule has 2 heterocycles. The van der Waals surface area contributed by atoms with Gasteiger partial charge in [0.1, 0.15) is 0 Å². The van der Waals surface area contributed by atoms with Crippen molar-refractivity contribution < 1.29 is 14.7 Å². The van der Waals surface area contributed by atoms with Gasteiger partial charge in [-0.15, -0.1) is 22.7 Å². The number of hydrogen-bond acceptors (Lipinski definition) is 5. The Balaban J connectivity index is 2.02. The molecular formula is C14H12N2O3S2. The lowest BCUT2D eigenvalue weighted by Gasteiger charge is -1.92. The molecule has 108 valence electrons. The summed E-state index contributed by atoms with van der Waals surface area (Å²) in [5, 5.41) is 15.5. The summed E-state index contributed by atoms with van der Waals surface area (Å²) in [7, 11) is 0. The molecule has 0 aliphatic rings. The van der Waals surface area contributed by atoms with Crippen LogP contribution in [0.5, 0.6) is 0 Å². The molecule has 7 heteroatoms. The average molecular weight is 320 g/mol. The van der Waals surface area contributed by atoms with Crippen molar-refractivity contribution in [3.63, 3.8) is 0 Å². The minimum Gasteiger partial charge on any atom is -0.478 e. The third kappa shape index (κ3) is 4.97. The second kappa shape index (κ2) is 6.96. The number of nitrogens with one attached hydrogen (secondary N) is 1. The van der Waals surface area contributed by atoms with Gasteiger partial charge in [0.15, 0.2) is 5.13 Å². The summed E-state index contributed by atoms with van der Waals surface area (Å²) in [6.45, 7) is 1.44. The maximum absolute atomic E-state index is 10.9. The van der Waals surface area contributed by atoms with E-state index in [1.54, 1.807) is 6.08 Å². The minimum atomic E-state index is -0.964. The van der Waals surface area contributed by atoms with Crippen molar-refractivity contribution in [2.75, 3.05) is 5.32 Å². The molecule has 0 aromatic carbocycles. The molecule has 2 aromatic rings. The summed E-state index contributed by atoms with van der Waals surface area (Å²) in [6, 6.07) is 1.89. The summed E-state index contributed by atoms with van der Waals surface area (Å²) >= 11 is 2.83. The number of amides is 1. The van der Waals surface area contributed by atoms with Crippen LogP contribution < -0.4 is 5.32 Å². The van der Waals surface area contributed by atoms with Crippen LogP contribution in [-0.2, 0) is 9.59 Å². The lowest BCUT2D eigenvalue weighted by atomic mass is 10.2. The molecule has 0 aliphatic carbocycles. The van der Waals surface area contributed by atoms with E-state index >= 15 is 0 Å². The van der Waals surface area contributed by atoms with E-state index in [1.807, 2.05) is 29.0 Å². The number of carbonyl (C=O) groups is 2. The fourth-order valence-corrected chi connectivity index (χ4v) is 2.94. The predicted octanol–water partition coefficient (Wildman–Crippen LogP) is 3.43. The predicted molar refractivity (Wildman–Crippen MR) is 86.3 cm³/mol. The monoisotopic (exact) mass is 320 g/mol. The Labute approximate surface area is 129 Å². The topological polar surface area (TPSA) is 79.3 Å². The Morgan fingerprint density at radius 2 is 2.05 bits per heavy atom. The highest BCUT2D eigenvalue weighted by atomic mass is 32.1. The van der Waals surface area contributed by atoms with Crippen LogP contribution in [0.4, 0.5) is 5.13 Å². The number of nitrogens with zero attached hydrogens (tertiary/aromatic N) is 1. The van der Waals surface area contributed by atoms with E-state index in [9.17, 15) is 9.59 Å². The molecule has 0 unspecified atom stereocenters. The molecule has 0 aliphatic heterocycles. The van der Waals surface area contributed by atoms with Gasteiger partial charge in [-0.3, -0.25) is 4.79 Å². The molecule has 2 N–H and O–H groups in total. The molecule has 0 spiro atoms. The smallest absolute Gasteiger partial charge is 0.328 e. The molecule has 0 saturated heterocycles. The quantitative estimate of drug-likeness (QED) is 0.827. The fourth-order valence-electron chi connectivity index (χ4n) is 1.45. The van der Waals surface area contributed by atoms with Crippen molar-refractivity contribution in [3.8, 4) is 0 Å². The Hall–Kier alpha value is -2.25. The summed E-state index contributed by atoms with van der Waals surface area (Å²) in [5.74, 6) is -1.11. The Bertz CT molecular complexity index is 713. The van der Waals surface area contributed by atoms with Crippen molar-refractivity contribution >= 4 is 57.9 Å². The zero-order valence-corrected chi connectivity index (χ0v) is 12.7. The second-order valence-electron chi connectivity index (χ2n) is 4.05. The Morgan fingerprint density at radius 3 is 2.76 bits per heavy atom. The Kier molecular flexibility index (Phi) is 5.02. The lowest BCUT2D eigenvalue weighted by Crippen LogP contribution is -2.04. The van der Waals surface area contributed by atoms with Gasteiger partial charge in [0.05, 0.1) is 5.69 Å². The van der Waals surface area contributed by atoms with E-state index in [-0.39, 0.29) is 5.91 Å². The van der Waals surface area contributed by atoms with Gasteiger partial charge in [0.2, 0.25) is 5.91 Å². The highest BCUT2D eigenvalue weighted by Crippen LogP contribution is 2.20. The number of aliphatic carboxylic acids is 1. The fraction of sp³-hybridized carbons (Fsp3) is 0.0714. The maximum atomic E-state index is 10.9. The highest BCUT2D eigenvalue weighted by molar-refractivity contribution is 7.14. The number of hydrogen-bond donors (Lipinski definition) is 2. The van der Waals surface area contributed by atoms with Crippen LogP contribution in [0.15, 0.2) is 22.9 Å². The van der Waals surface area contributed by atoms with Gasteiger partial charge in [-0.1, -0.05) is 6.08 Å². The van der Waals surface area contributed by atoms with Crippen molar-refractivity contribution in [1.29, 1.82) is 0 Å². The molecule has 21 heavy (non-hydrogen) atoms. The van der Waals surface area contributed by atoms with Crippen LogP contribution in [-0.4, -0.2) is 22.0 Å². The first-order chi connectivity index (χ1) is 10.0. The van der Waals surface area contributed by atoms with Gasteiger partial charge in [-0.2, -0.15) is 0 Å². The van der Waals surface area contributed by atoms with E-state index in [0.29, 0.717) is 5.13 Å². The van der Waals surface area contributed by atoms with Gasteiger partial charge in [0, 0.05) is 23.3 Å². The number of carboxylic acid groups (broad SMARTS) is 1. The highest BCUT2D eigenvalue weighted by Gasteiger charge is 2.01. The maximum Gasteiger partial charge on any atom is 0.328 e. The van der Waals surface area contributed by atoms with Crippen LogP contribution in [0, 0.1) is 0 Å². The lowest BCUT2D eigenvalue weighted by molar-refractivity contribution is -0.131. The summed E-state index contributed by atoms with van der Waals surface area (Å²) < 4.78 is 0. The second-order valence-corrected chi connectivity index (χ2v) is 5.85. The number of carboxylic acids is 1. The molecule has 1 amide bonds. The Morgan fingerprint density at radius 1 is 1.24 bits per heavy atom. The molecule has 2 rings (SSSR count). The molecule has 0 saturated carbocycles. The zero-order chi connectivity index (χ0) is 15.2. The van der Waals surface area contributed by atoms with Gasteiger partial charge in [0.25, 0.3) is 0 Å². The first-order valence-corrected chi connectivity index (χ1v) is 7.69. The number of anilines is 1. The van der Waals surface area contributed by atoms with Crippen LogP contribution in [0.1, 0.15) is 23.1 Å². The molecule has 5 nitrogen and oxygen atoms in total. The standard InChI is InChI=1S/C14H12N2O3S2/c1-9(17)15-14-16-11(8-21-14)3-2-10-6-12(20-7-10)4-5-13(18)19/h2-8H,1H3,(H,18,19)(H,15,16,17). The molecule has 2 aromatic heterocycles. The van der Waals surface area contributed by atoms with Crippen molar-refractivity contribution in [2.45, 2.75) is 6.92 Å². The average Bonchev–Trinajstić information content (AvgIpc) is 3.02. The van der Waals surface area contributed by atoms with Crippen molar-refractivity contribution in [1.82, 2.24) is 4.98 Å². The van der Waals surface area contributed by atoms with Gasteiger partial charge < -0.3 is 10.4 Å². The molecule has 0 fully saturated rings. The summed E-state index contributed by atoms with van der Waals surface area (Å²) in [5.41, 5.74) is 1.73. The third-order valence-electron chi connectivity index (χ3n) is 2.28.